The molecule has 176 valence electrons. The van der Waals surface area contributed by atoms with Gasteiger partial charge >= 0.3 is 0 Å². The zero-order valence-corrected chi connectivity index (χ0v) is 20.5. The van der Waals surface area contributed by atoms with Crippen LogP contribution in [0.15, 0.2) is 36.0 Å². The van der Waals surface area contributed by atoms with E-state index in [4.69, 9.17) is 10.5 Å². The number of allylic oxidation sites excluding steroid dienone is 2. The first kappa shape index (κ1) is 23.7. The van der Waals surface area contributed by atoms with Gasteiger partial charge in [0.25, 0.3) is 0 Å². The standard InChI is InChI=1S/C23H28N4O4S2/c1-13(2)31-21-10-7-15(11-19(21)24)22-25-26-23(32-22)18-6-4-5-17-16(18)8-9-20(17)27-33(29,30)12-14(3)28/h4-7,11,13,20-21,27H,8-10,12,24H2,1-3H3/t20-,21?/m0/s1. The Kier molecular flexibility index (Phi) is 6.81. The van der Waals surface area contributed by atoms with Gasteiger partial charge in [0.1, 0.15) is 27.7 Å². The van der Waals surface area contributed by atoms with Gasteiger partial charge in [0.15, 0.2) is 0 Å². The second-order valence-electron chi connectivity index (χ2n) is 8.67. The summed E-state index contributed by atoms with van der Waals surface area (Å²) in [4.78, 5) is 11.3. The third-order valence-corrected chi connectivity index (χ3v) is 8.01. The molecule has 1 unspecified atom stereocenters. The van der Waals surface area contributed by atoms with Gasteiger partial charge in [-0.25, -0.2) is 13.1 Å². The Bertz CT molecular complexity index is 1230. The molecular formula is C23H28N4O4S2. The Morgan fingerprint density at radius 1 is 1.30 bits per heavy atom. The Morgan fingerprint density at radius 3 is 2.76 bits per heavy atom. The van der Waals surface area contributed by atoms with Crippen molar-refractivity contribution in [1.82, 2.24) is 14.9 Å². The van der Waals surface area contributed by atoms with Crippen molar-refractivity contribution in [3.8, 4) is 10.6 Å². The number of nitrogens with one attached hydrogen (secondary N) is 1. The van der Waals surface area contributed by atoms with E-state index < -0.39 is 15.8 Å². The smallest absolute Gasteiger partial charge is 0.219 e. The third kappa shape index (κ3) is 5.40. The second-order valence-corrected chi connectivity index (χ2v) is 11.4. The molecule has 1 aromatic heterocycles. The Labute approximate surface area is 198 Å². The molecule has 0 saturated carbocycles. The van der Waals surface area contributed by atoms with Crippen molar-refractivity contribution in [3.05, 3.63) is 52.2 Å². The lowest BCUT2D eigenvalue weighted by Gasteiger charge is -2.23. The number of benzene rings is 1. The summed E-state index contributed by atoms with van der Waals surface area (Å²) in [6.45, 7) is 5.25. The van der Waals surface area contributed by atoms with E-state index in [2.05, 4.69) is 21.0 Å². The van der Waals surface area contributed by atoms with E-state index in [0.717, 1.165) is 38.7 Å². The highest BCUT2D eigenvalue weighted by Gasteiger charge is 2.30. The molecule has 2 aliphatic rings. The van der Waals surface area contributed by atoms with Gasteiger partial charge in [-0.15, -0.1) is 10.2 Å². The first-order valence-corrected chi connectivity index (χ1v) is 13.4. The van der Waals surface area contributed by atoms with Crippen molar-refractivity contribution in [2.45, 2.75) is 58.3 Å². The molecule has 3 N–H and O–H groups in total. The third-order valence-electron chi connectivity index (χ3n) is 5.57. The highest BCUT2D eigenvalue weighted by atomic mass is 32.2. The first-order valence-electron chi connectivity index (χ1n) is 10.9. The molecule has 0 amide bonds. The molecule has 8 nitrogen and oxygen atoms in total. The fraction of sp³-hybridized carbons (Fsp3) is 0.435. The van der Waals surface area contributed by atoms with Crippen molar-refractivity contribution in [1.29, 1.82) is 0 Å². The molecule has 1 heterocycles. The number of carbonyl (C=O) groups excluding carboxylic acids is 1. The number of hydrogen-bond acceptors (Lipinski definition) is 8. The summed E-state index contributed by atoms with van der Waals surface area (Å²) in [5.74, 6) is -0.891. The van der Waals surface area contributed by atoms with Gasteiger partial charge in [0.05, 0.1) is 6.10 Å². The van der Waals surface area contributed by atoms with Crippen LogP contribution in [0.5, 0.6) is 0 Å². The van der Waals surface area contributed by atoms with Gasteiger partial charge in [0, 0.05) is 22.9 Å². The van der Waals surface area contributed by atoms with Crippen LogP contribution in [0.3, 0.4) is 0 Å². The molecule has 2 aromatic rings. The van der Waals surface area contributed by atoms with E-state index in [1.54, 1.807) is 0 Å². The molecule has 0 radical (unpaired) electrons. The number of ether oxygens (including phenoxy) is 1. The maximum absolute atomic E-state index is 12.3. The minimum Gasteiger partial charge on any atom is -0.400 e. The molecule has 2 aliphatic carbocycles. The molecule has 0 bridgehead atoms. The average molecular weight is 489 g/mol. The minimum atomic E-state index is -3.67. The van der Waals surface area contributed by atoms with E-state index in [9.17, 15) is 13.2 Å². The number of nitrogens with zero attached hydrogens (tertiary/aromatic N) is 2. The lowest BCUT2D eigenvalue weighted by molar-refractivity contribution is -0.114. The molecule has 0 saturated heterocycles. The number of fused-ring (bicyclic) bond motifs is 1. The van der Waals surface area contributed by atoms with Crippen LogP contribution < -0.4 is 10.5 Å². The van der Waals surface area contributed by atoms with Crippen LogP contribution >= 0.6 is 11.3 Å². The van der Waals surface area contributed by atoms with Crippen LogP contribution in [-0.2, 0) is 26.0 Å². The summed E-state index contributed by atoms with van der Waals surface area (Å²) in [5, 5.41) is 10.4. The first-order chi connectivity index (χ1) is 15.6. The molecular weight excluding hydrogens is 460 g/mol. The van der Waals surface area contributed by atoms with Crippen molar-refractivity contribution >= 4 is 32.7 Å². The lowest BCUT2D eigenvalue weighted by atomic mass is 10.0. The van der Waals surface area contributed by atoms with Crippen molar-refractivity contribution < 1.29 is 17.9 Å². The van der Waals surface area contributed by atoms with Gasteiger partial charge in [-0.05, 0) is 57.2 Å². The monoisotopic (exact) mass is 488 g/mol. The van der Waals surface area contributed by atoms with Crippen LogP contribution in [-0.4, -0.2) is 42.4 Å². The minimum absolute atomic E-state index is 0.0981. The van der Waals surface area contributed by atoms with Crippen LogP contribution in [0.25, 0.3) is 16.1 Å². The van der Waals surface area contributed by atoms with Crippen molar-refractivity contribution in [2.24, 2.45) is 5.73 Å². The summed E-state index contributed by atoms with van der Waals surface area (Å²) in [6, 6.07) is 5.47. The number of sulfonamides is 1. The SMILES string of the molecule is CC(=O)CS(=O)(=O)N[C@H]1CCc2c(-c3nnc(C4=CCC(OC(C)C)C(N)=C4)s3)cccc21. The van der Waals surface area contributed by atoms with Gasteiger partial charge in [0.2, 0.25) is 10.0 Å². The predicted molar refractivity (Wildman–Crippen MR) is 129 cm³/mol. The molecule has 10 heteroatoms. The normalized spacial score (nSPS) is 20.5. The van der Waals surface area contributed by atoms with Crippen LogP contribution in [0.2, 0.25) is 0 Å². The summed E-state index contributed by atoms with van der Waals surface area (Å²) in [5.41, 5.74) is 10.8. The molecule has 0 spiro atoms. The number of Topliss-reactive ketones (excluding diaryl/α,β-unsaturated/α-hetero) is 1. The van der Waals surface area contributed by atoms with Gasteiger partial charge in [-0.3, -0.25) is 4.79 Å². The van der Waals surface area contributed by atoms with Gasteiger partial charge in [-0.1, -0.05) is 35.6 Å². The largest absolute Gasteiger partial charge is 0.400 e. The lowest BCUT2D eigenvalue weighted by Crippen LogP contribution is -2.31. The Morgan fingerprint density at radius 2 is 2.06 bits per heavy atom. The molecule has 33 heavy (non-hydrogen) atoms. The van der Waals surface area contributed by atoms with Crippen LogP contribution in [0, 0.1) is 0 Å². The van der Waals surface area contributed by atoms with E-state index in [1.165, 1.54) is 18.3 Å². The van der Waals surface area contributed by atoms with Gasteiger partial charge in [-0.2, -0.15) is 0 Å². The maximum atomic E-state index is 12.3. The van der Waals surface area contributed by atoms with Crippen LogP contribution in [0.1, 0.15) is 55.8 Å². The second kappa shape index (κ2) is 9.46. The Balaban J connectivity index is 1.55. The molecule has 2 atom stereocenters. The average Bonchev–Trinajstić information content (AvgIpc) is 3.36. The quantitative estimate of drug-likeness (QED) is 0.585. The highest BCUT2D eigenvalue weighted by Crippen LogP contribution is 2.40. The molecule has 1 aromatic carbocycles. The number of nitrogens with two attached hydrogens (primary N) is 1. The fourth-order valence-electron chi connectivity index (χ4n) is 4.27. The zero-order chi connectivity index (χ0) is 23.8. The Hall–Kier alpha value is -2.40. The van der Waals surface area contributed by atoms with E-state index in [0.29, 0.717) is 18.5 Å². The van der Waals surface area contributed by atoms with Crippen LogP contribution in [0.4, 0.5) is 0 Å². The highest BCUT2D eigenvalue weighted by molar-refractivity contribution is 7.90. The summed E-state index contributed by atoms with van der Waals surface area (Å²) in [6.07, 6.45) is 5.99. The number of ketones is 1. The van der Waals surface area contributed by atoms with E-state index in [-0.39, 0.29) is 24.0 Å². The van der Waals surface area contributed by atoms with Crippen molar-refractivity contribution in [3.63, 3.8) is 0 Å². The molecule has 4 rings (SSSR count). The fourth-order valence-corrected chi connectivity index (χ4v) is 6.47. The number of carbonyl (C=O) groups is 1. The molecule has 0 aliphatic heterocycles. The topological polar surface area (TPSA) is 124 Å². The maximum Gasteiger partial charge on any atom is 0.219 e. The number of aromatic nitrogens is 2. The summed E-state index contributed by atoms with van der Waals surface area (Å²) in [7, 11) is -3.67. The predicted octanol–water partition coefficient (Wildman–Crippen LogP) is 3.12. The number of hydrogen-bond donors (Lipinski definition) is 2. The number of rotatable bonds is 8. The van der Waals surface area contributed by atoms with Gasteiger partial charge < -0.3 is 10.5 Å². The van der Waals surface area contributed by atoms with E-state index in [1.807, 2.05) is 38.1 Å². The van der Waals surface area contributed by atoms with E-state index >= 15 is 0 Å². The zero-order valence-electron chi connectivity index (χ0n) is 18.9. The summed E-state index contributed by atoms with van der Waals surface area (Å²) < 4.78 is 33.0. The summed E-state index contributed by atoms with van der Waals surface area (Å²) >= 11 is 1.48. The van der Waals surface area contributed by atoms with Crippen molar-refractivity contribution in [2.75, 3.05) is 5.75 Å². The molecule has 0 fully saturated rings.